The fourth-order valence-corrected chi connectivity index (χ4v) is 2.41. The Morgan fingerprint density at radius 2 is 2.28 bits per heavy atom. The Hall–Kier alpha value is -1.20. The fraction of sp³-hybridized carbons (Fsp3) is 0.462. The van der Waals surface area contributed by atoms with Gasteiger partial charge in [-0.1, -0.05) is 25.6 Å². The summed E-state index contributed by atoms with van der Waals surface area (Å²) in [6.07, 6.45) is 0. The summed E-state index contributed by atoms with van der Waals surface area (Å²) in [5.74, 6) is 1.86. The van der Waals surface area contributed by atoms with E-state index in [1.165, 1.54) is 0 Å². The van der Waals surface area contributed by atoms with Crippen molar-refractivity contribution in [1.82, 2.24) is 15.3 Å². The lowest BCUT2D eigenvalue weighted by Crippen LogP contribution is -2.24. The molecule has 0 amide bonds. The van der Waals surface area contributed by atoms with Crippen LogP contribution >= 0.6 is 11.8 Å². The van der Waals surface area contributed by atoms with Crippen LogP contribution in [0.25, 0.3) is 11.0 Å². The van der Waals surface area contributed by atoms with Gasteiger partial charge in [0.25, 0.3) is 0 Å². The second-order valence-corrected chi connectivity index (χ2v) is 5.47. The Morgan fingerprint density at radius 1 is 1.44 bits per heavy atom. The highest BCUT2D eigenvalue weighted by atomic mass is 32.2. The molecule has 18 heavy (non-hydrogen) atoms. The number of hydrogen-bond donors (Lipinski definition) is 2. The van der Waals surface area contributed by atoms with Crippen molar-refractivity contribution in [2.24, 2.45) is 0 Å². The van der Waals surface area contributed by atoms with Gasteiger partial charge in [0.1, 0.15) is 5.75 Å². The van der Waals surface area contributed by atoms with Crippen molar-refractivity contribution < 1.29 is 4.74 Å². The largest absolute Gasteiger partial charge is 0.497 e. The van der Waals surface area contributed by atoms with Crippen molar-refractivity contribution >= 4 is 22.8 Å². The summed E-state index contributed by atoms with van der Waals surface area (Å²) in [7, 11) is 1.67. The Labute approximate surface area is 112 Å². The van der Waals surface area contributed by atoms with Gasteiger partial charge >= 0.3 is 0 Å². The predicted molar refractivity (Wildman–Crippen MR) is 76.5 cm³/mol. The Morgan fingerprint density at radius 3 is 3.00 bits per heavy atom. The Balaban J connectivity index is 1.97. The first-order valence-electron chi connectivity index (χ1n) is 6.09. The number of methoxy groups -OCH3 is 1. The monoisotopic (exact) mass is 265 g/mol. The summed E-state index contributed by atoms with van der Waals surface area (Å²) in [5.41, 5.74) is 2.00. The van der Waals surface area contributed by atoms with Gasteiger partial charge in [0.05, 0.1) is 18.1 Å². The molecule has 0 atom stereocenters. The highest BCUT2D eigenvalue weighted by Crippen LogP contribution is 2.22. The standard InChI is InChI=1S/C13H19N3OS/c1-9(2)14-6-7-18-13-15-11-5-4-10(17-3)8-12(11)16-13/h4-5,8-9,14H,6-7H2,1-3H3,(H,15,16). The molecule has 0 fully saturated rings. The molecule has 4 nitrogen and oxygen atoms in total. The molecular weight excluding hydrogens is 246 g/mol. The molecule has 0 saturated heterocycles. The average molecular weight is 265 g/mol. The lowest BCUT2D eigenvalue weighted by molar-refractivity contribution is 0.415. The molecule has 2 N–H and O–H groups in total. The van der Waals surface area contributed by atoms with E-state index < -0.39 is 0 Å². The minimum Gasteiger partial charge on any atom is -0.497 e. The van der Waals surface area contributed by atoms with Gasteiger partial charge in [0.15, 0.2) is 5.16 Å². The zero-order valence-electron chi connectivity index (χ0n) is 11.0. The zero-order chi connectivity index (χ0) is 13.0. The molecular formula is C13H19N3OS. The highest BCUT2D eigenvalue weighted by Gasteiger charge is 2.04. The van der Waals surface area contributed by atoms with E-state index in [4.69, 9.17) is 4.74 Å². The summed E-state index contributed by atoms with van der Waals surface area (Å²) in [6, 6.07) is 6.41. The van der Waals surface area contributed by atoms with Crippen molar-refractivity contribution in [3.8, 4) is 5.75 Å². The normalized spacial score (nSPS) is 11.3. The third kappa shape index (κ3) is 3.40. The quantitative estimate of drug-likeness (QED) is 0.623. The molecule has 0 aliphatic carbocycles. The Kier molecular flexibility index (Phi) is 4.49. The zero-order valence-corrected chi connectivity index (χ0v) is 11.8. The number of hydrogen-bond acceptors (Lipinski definition) is 4. The van der Waals surface area contributed by atoms with E-state index in [1.807, 2.05) is 18.2 Å². The summed E-state index contributed by atoms with van der Waals surface area (Å²) < 4.78 is 5.19. The second-order valence-electron chi connectivity index (χ2n) is 4.38. The van der Waals surface area contributed by atoms with Gasteiger partial charge in [-0.15, -0.1) is 0 Å². The van der Waals surface area contributed by atoms with Gasteiger partial charge in [-0.25, -0.2) is 4.98 Å². The van der Waals surface area contributed by atoms with Crippen LogP contribution < -0.4 is 10.1 Å². The third-order valence-corrected chi connectivity index (χ3v) is 3.44. The predicted octanol–water partition coefficient (Wildman–Crippen LogP) is 2.66. The van der Waals surface area contributed by atoms with Crippen LogP contribution in [0.3, 0.4) is 0 Å². The number of fused-ring (bicyclic) bond motifs is 1. The maximum atomic E-state index is 5.19. The third-order valence-electron chi connectivity index (χ3n) is 2.56. The molecule has 0 aliphatic rings. The van der Waals surface area contributed by atoms with Gasteiger partial charge in [-0.2, -0.15) is 0 Å². The number of nitrogens with one attached hydrogen (secondary N) is 2. The first-order valence-corrected chi connectivity index (χ1v) is 7.07. The summed E-state index contributed by atoms with van der Waals surface area (Å²) in [5, 5.41) is 4.35. The molecule has 0 unspecified atom stereocenters. The molecule has 0 spiro atoms. The summed E-state index contributed by atoms with van der Waals surface area (Å²) in [4.78, 5) is 7.83. The molecule has 5 heteroatoms. The maximum absolute atomic E-state index is 5.19. The van der Waals surface area contributed by atoms with E-state index in [-0.39, 0.29) is 0 Å². The maximum Gasteiger partial charge on any atom is 0.166 e. The summed E-state index contributed by atoms with van der Waals surface area (Å²) >= 11 is 1.73. The van der Waals surface area contributed by atoms with E-state index in [9.17, 15) is 0 Å². The molecule has 2 rings (SSSR count). The Bertz CT molecular complexity index is 510. The first-order chi connectivity index (χ1) is 8.69. The number of aromatic amines is 1. The number of thioether (sulfide) groups is 1. The molecule has 0 radical (unpaired) electrons. The number of ether oxygens (including phenoxy) is 1. The van der Waals surface area contributed by atoms with E-state index in [0.29, 0.717) is 6.04 Å². The van der Waals surface area contributed by atoms with Crippen molar-refractivity contribution in [2.45, 2.75) is 25.0 Å². The van der Waals surface area contributed by atoms with Gasteiger partial charge in [-0.05, 0) is 12.1 Å². The van der Waals surface area contributed by atoms with Crippen LogP contribution in [0.5, 0.6) is 5.75 Å². The number of H-pyrrole nitrogens is 1. The van der Waals surface area contributed by atoms with Gasteiger partial charge in [-0.3, -0.25) is 0 Å². The van der Waals surface area contributed by atoms with Gasteiger partial charge in [0.2, 0.25) is 0 Å². The van der Waals surface area contributed by atoms with Crippen molar-refractivity contribution in [3.63, 3.8) is 0 Å². The van der Waals surface area contributed by atoms with Crippen LogP contribution in [0.2, 0.25) is 0 Å². The number of benzene rings is 1. The van der Waals surface area contributed by atoms with E-state index >= 15 is 0 Å². The van der Waals surface area contributed by atoms with Crippen LogP contribution in [-0.4, -0.2) is 35.4 Å². The number of imidazole rings is 1. The molecule has 1 aromatic carbocycles. The topological polar surface area (TPSA) is 49.9 Å². The minimum atomic E-state index is 0.533. The first kappa shape index (κ1) is 13.2. The van der Waals surface area contributed by atoms with E-state index in [0.717, 1.165) is 34.2 Å². The molecule has 1 heterocycles. The number of aromatic nitrogens is 2. The number of rotatable bonds is 6. The van der Waals surface area contributed by atoms with Crippen LogP contribution in [0.1, 0.15) is 13.8 Å². The number of nitrogens with zero attached hydrogens (tertiary/aromatic N) is 1. The summed E-state index contributed by atoms with van der Waals surface area (Å²) in [6.45, 7) is 5.29. The van der Waals surface area contributed by atoms with Crippen molar-refractivity contribution in [1.29, 1.82) is 0 Å². The average Bonchev–Trinajstić information content (AvgIpc) is 2.75. The molecule has 0 saturated carbocycles. The van der Waals surface area contributed by atoms with Crippen molar-refractivity contribution in [2.75, 3.05) is 19.4 Å². The molecule has 2 aromatic rings. The van der Waals surface area contributed by atoms with Gasteiger partial charge in [0, 0.05) is 24.4 Å². The smallest absolute Gasteiger partial charge is 0.166 e. The van der Waals surface area contributed by atoms with E-state index in [2.05, 4.69) is 29.1 Å². The fourth-order valence-electron chi connectivity index (χ4n) is 1.66. The molecule has 1 aromatic heterocycles. The SMILES string of the molecule is COc1ccc2nc(SCCNC(C)C)[nH]c2c1. The van der Waals surface area contributed by atoms with Crippen LogP contribution in [0.15, 0.2) is 23.4 Å². The minimum absolute atomic E-state index is 0.533. The van der Waals surface area contributed by atoms with Gasteiger partial charge < -0.3 is 15.0 Å². The second kappa shape index (κ2) is 6.11. The molecule has 0 aliphatic heterocycles. The molecule has 0 bridgehead atoms. The van der Waals surface area contributed by atoms with Crippen molar-refractivity contribution in [3.05, 3.63) is 18.2 Å². The lowest BCUT2D eigenvalue weighted by Gasteiger charge is -2.05. The van der Waals surface area contributed by atoms with Crippen LogP contribution in [0, 0.1) is 0 Å². The van der Waals surface area contributed by atoms with Crippen LogP contribution in [0.4, 0.5) is 0 Å². The van der Waals surface area contributed by atoms with Crippen LogP contribution in [-0.2, 0) is 0 Å². The lowest BCUT2D eigenvalue weighted by atomic mass is 10.3. The van der Waals surface area contributed by atoms with E-state index in [1.54, 1.807) is 18.9 Å². The molecule has 98 valence electrons. The highest BCUT2D eigenvalue weighted by molar-refractivity contribution is 7.99.